The SMILES string of the molecule is O=C(O)C1OC2(c3ccc(O)cc3)CN(C(Cc3ccccc3)C(=O)O)C(=O)C1O2. The maximum Gasteiger partial charge on any atom is 0.336 e. The number of aromatic hydroxyl groups is 1. The Bertz CT molecular complexity index is 976. The monoisotopic (exact) mass is 413 g/mol. The molecule has 4 atom stereocenters. The molecule has 2 aromatic carbocycles. The van der Waals surface area contributed by atoms with Crippen LogP contribution in [0.5, 0.6) is 5.75 Å². The Balaban J connectivity index is 1.73. The number of amides is 1. The number of hydrogen-bond acceptors (Lipinski definition) is 6. The number of nitrogens with zero attached hydrogens (tertiary/aromatic N) is 1. The van der Waals surface area contributed by atoms with Gasteiger partial charge < -0.3 is 29.7 Å². The van der Waals surface area contributed by atoms with Gasteiger partial charge in [0.25, 0.3) is 5.91 Å². The Labute approximate surface area is 171 Å². The molecular formula is C21H19NO8. The number of carboxylic acid groups (broad SMARTS) is 2. The van der Waals surface area contributed by atoms with Gasteiger partial charge in [0.1, 0.15) is 11.8 Å². The van der Waals surface area contributed by atoms with E-state index in [0.717, 1.165) is 4.90 Å². The molecule has 2 saturated heterocycles. The van der Waals surface area contributed by atoms with Crippen molar-refractivity contribution in [3.05, 3.63) is 65.7 Å². The third-order valence-electron chi connectivity index (χ3n) is 5.30. The summed E-state index contributed by atoms with van der Waals surface area (Å²) in [5.41, 5.74) is 1.08. The highest BCUT2D eigenvalue weighted by atomic mass is 16.8. The first-order valence-electron chi connectivity index (χ1n) is 9.26. The van der Waals surface area contributed by atoms with E-state index < -0.39 is 41.9 Å². The van der Waals surface area contributed by atoms with Gasteiger partial charge in [0, 0.05) is 12.0 Å². The third-order valence-corrected chi connectivity index (χ3v) is 5.30. The summed E-state index contributed by atoms with van der Waals surface area (Å²) < 4.78 is 11.4. The predicted octanol–water partition coefficient (Wildman–Crippen LogP) is 0.952. The molecule has 9 heteroatoms. The van der Waals surface area contributed by atoms with Gasteiger partial charge in [-0.25, -0.2) is 9.59 Å². The standard InChI is InChI=1S/C21H19NO8/c23-14-8-6-13(7-9-14)21-11-22(18(24)16(29-21)17(30-21)20(27)28)15(19(25)26)10-12-4-2-1-3-5-12/h1-9,15-17,23H,10-11H2,(H,25,26)(H,27,28). The van der Waals surface area contributed by atoms with Gasteiger partial charge in [-0.2, -0.15) is 0 Å². The highest BCUT2D eigenvalue weighted by molar-refractivity contribution is 5.92. The molecule has 1 amide bonds. The van der Waals surface area contributed by atoms with Crippen molar-refractivity contribution < 1.29 is 39.2 Å². The molecule has 0 aliphatic carbocycles. The van der Waals surface area contributed by atoms with E-state index in [4.69, 9.17) is 9.47 Å². The number of morpholine rings is 1. The van der Waals surface area contributed by atoms with Crippen molar-refractivity contribution in [3.8, 4) is 5.75 Å². The van der Waals surface area contributed by atoms with Crippen LogP contribution in [0.2, 0.25) is 0 Å². The normalized spacial score (nSPS) is 26.4. The maximum atomic E-state index is 13.0. The van der Waals surface area contributed by atoms with Crippen molar-refractivity contribution >= 4 is 17.8 Å². The van der Waals surface area contributed by atoms with Crippen molar-refractivity contribution in [1.29, 1.82) is 0 Å². The molecule has 2 fully saturated rings. The summed E-state index contributed by atoms with van der Waals surface area (Å²) in [5, 5.41) is 28.9. The molecular weight excluding hydrogens is 394 g/mol. The van der Waals surface area contributed by atoms with Crippen molar-refractivity contribution in [1.82, 2.24) is 4.90 Å². The second kappa shape index (κ2) is 7.43. The van der Waals surface area contributed by atoms with E-state index in [0.29, 0.717) is 11.1 Å². The van der Waals surface area contributed by atoms with Crippen LogP contribution in [0.1, 0.15) is 11.1 Å². The first-order chi connectivity index (χ1) is 14.3. The Morgan fingerprint density at radius 3 is 2.33 bits per heavy atom. The quantitative estimate of drug-likeness (QED) is 0.637. The number of aliphatic carboxylic acids is 2. The van der Waals surface area contributed by atoms with E-state index in [1.165, 1.54) is 24.3 Å². The number of phenolic OH excluding ortho intramolecular Hbond substituents is 1. The minimum Gasteiger partial charge on any atom is -0.508 e. The first kappa shape index (κ1) is 19.9. The van der Waals surface area contributed by atoms with Crippen molar-refractivity contribution in [2.45, 2.75) is 30.5 Å². The van der Waals surface area contributed by atoms with Crippen molar-refractivity contribution in [2.24, 2.45) is 0 Å². The number of hydrogen-bond donors (Lipinski definition) is 3. The van der Waals surface area contributed by atoms with E-state index in [1.807, 2.05) is 0 Å². The zero-order valence-corrected chi connectivity index (χ0v) is 15.7. The van der Waals surface area contributed by atoms with Gasteiger partial charge in [-0.05, 0) is 29.8 Å². The summed E-state index contributed by atoms with van der Waals surface area (Å²) in [4.78, 5) is 37.9. The molecule has 2 bridgehead atoms. The fraction of sp³-hybridized carbons (Fsp3) is 0.286. The molecule has 0 aromatic heterocycles. The largest absolute Gasteiger partial charge is 0.508 e. The van der Waals surface area contributed by atoms with Gasteiger partial charge in [0.05, 0.1) is 6.54 Å². The Morgan fingerprint density at radius 1 is 1.07 bits per heavy atom. The number of benzene rings is 2. The molecule has 3 N–H and O–H groups in total. The summed E-state index contributed by atoms with van der Waals surface area (Å²) >= 11 is 0. The predicted molar refractivity (Wildman–Crippen MR) is 100 cm³/mol. The van der Waals surface area contributed by atoms with E-state index >= 15 is 0 Å². The average Bonchev–Trinajstić information content (AvgIpc) is 3.07. The molecule has 2 heterocycles. The molecule has 30 heavy (non-hydrogen) atoms. The number of carbonyl (C=O) groups excluding carboxylic acids is 1. The summed E-state index contributed by atoms with van der Waals surface area (Å²) in [7, 11) is 0. The fourth-order valence-electron chi connectivity index (χ4n) is 3.84. The lowest BCUT2D eigenvalue weighted by Gasteiger charge is -2.40. The summed E-state index contributed by atoms with van der Waals surface area (Å²) in [6.07, 6.45) is -3.02. The smallest absolute Gasteiger partial charge is 0.336 e. The lowest BCUT2D eigenvalue weighted by molar-refractivity contribution is -0.223. The van der Waals surface area contributed by atoms with Gasteiger partial charge in [0.2, 0.25) is 5.79 Å². The van der Waals surface area contributed by atoms with Crippen LogP contribution < -0.4 is 0 Å². The lowest BCUT2D eigenvalue weighted by atomic mass is 9.99. The topological polar surface area (TPSA) is 134 Å². The maximum absolute atomic E-state index is 13.0. The van der Waals surface area contributed by atoms with Crippen molar-refractivity contribution in [3.63, 3.8) is 0 Å². The van der Waals surface area contributed by atoms with Crippen LogP contribution in [-0.4, -0.2) is 62.9 Å². The molecule has 2 aliphatic rings. The molecule has 0 radical (unpaired) electrons. The molecule has 9 nitrogen and oxygen atoms in total. The van der Waals surface area contributed by atoms with Crippen LogP contribution in [0.15, 0.2) is 54.6 Å². The van der Waals surface area contributed by atoms with Gasteiger partial charge in [0.15, 0.2) is 12.2 Å². The zero-order chi connectivity index (χ0) is 21.5. The minimum absolute atomic E-state index is 0.0179. The van der Waals surface area contributed by atoms with Gasteiger partial charge in [-0.3, -0.25) is 4.79 Å². The van der Waals surface area contributed by atoms with Crippen molar-refractivity contribution in [2.75, 3.05) is 6.54 Å². The number of carboxylic acids is 2. The van der Waals surface area contributed by atoms with Crippen LogP contribution in [0.4, 0.5) is 0 Å². The molecule has 0 spiro atoms. The van der Waals surface area contributed by atoms with Crippen LogP contribution >= 0.6 is 0 Å². The number of fused-ring (bicyclic) bond motifs is 2. The Hall–Kier alpha value is -3.43. The van der Waals surface area contributed by atoms with E-state index in [9.17, 15) is 29.7 Å². The van der Waals surface area contributed by atoms with Gasteiger partial charge in [-0.1, -0.05) is 30.3 Å². The molecule has 156 valence electrons. The Morgan fingerprint density at radius 2 is 1.73 bits per heavy atom. The first-order valence-corrected chi connectivity index (χ1v) is 9.26. The molecule has 2 aliphatic heterocycles. The number of rotatable bonds is 6. The molecule has 0 saturated carbocycles. The summed E-state index contributed by atoms with van der Waals surface area (Å²) in [6, 6.07) is 13.3. The molecule has 2 aromatic rings. The van der Waals surface area contributed by atoms with Crippen LogP contribution in [0.25, 0.3) is 0 Å². The lowest BCUT2D eigenvalue weighted by Crippen LogP contribution is -2.59. The third kappa shape index (κ3) is 3.38. The fourth-order valence-corrected chi connectivity index (χ4v) is 3.84. The Kier molecular flexibility index (Phi) is 4.92. The van der Waals surface area contributed by atoms with Crippen LogP contribution in [0.3, 0.4) is 0 Å². The van der Waals surface area contributed by atoms with E-state index in [2.05, 4.69) is 0 Å². The summed E-state index contributed by atoms with van der Waals surface area (Å²) in [5.74, 6) is -5.03. The second-order valence-electron chi connectivity index (χ2n) is 7.22. The number of carbonyl (C=O) groups is 3. The average molecular weight is 413 g/mol. The number of ether oxygens (including phenoxy) is 2. The van der Waals surface area contributed by atoms with E-state index in [-0.39, 0.29) is 18.7 Å². The van der Waals surface area contributed by atoms with E-state index in [1.54, 1.807) is 30.3 Å². The number of phenols is 1. The second-order valence-corrected chi connectivity index (χ2v) is 7.22. The summed E-state index contributed by atoms with van der Waals surface area (Å²) in [6.45, 7) is -0.305. The molecule has 4 unspecified atom stereocenters. The van der Waals surface area contributed by atoms with Gasteiger partial charge in [-0.15, -0.1) is 0 Å². The van der Waals surface area contributed by atoms with Crippen LogP contribution in [0, 0.1) is 0 Å². The minimum atomic E-state index is -1.65. The zero-order valence-electron chi connectivity index (χ0n) is 15.7. The van der Waals surface area contributed by atoms with Crippen LogP contribution in [-0.2, 0) is 36.1 Å². The highest BCUT2D eigenvalue weighted by Gasteiger charge is 2.61. The molecule has 4 rings (SSSR count). The highest BCUT2D eigenvalue weighted by Crippen LogP contribution is 2.44. The van der Waals surface area contributed by atoms with Gasteiger partial charge >= 0.3 is 11.9 Å².